The van der Waals surface area contributed by atoms with E-state index in [0.717, 1.165) is 17.7 Å². The van der Waals surface area contributed by atoms with Gasteiger partial charge in [0.05, 0.1) is 11.6 Å². The summed E-state index contributed by atoms with van der Waals surface area (Å²) in [4.78, 5) is 15.8. The minimum atomic E-state index is -0.814. The maximum Gasteiger partial charge on any atom is 0.312 e. The number of carboxylic acid groups (broad SMARTS) is 1. The van der Waals surface area contributed by atoms with Crippen LogP contribution in [0, 0.1) is 0 Å². The fraction of sp³-hybridized carbons (Fsp3) is 0.294. The van der Waals surface area contributed by atoms with Crippen LogP contribution in [0.1, 0.15) is 29.7 Å². The molecule has 1 heterocycles. The number of nitrogens with zero attached hydrogens (tertiary/aromatic N) is 1. The lowest BCUT2D eigenvalue weighted by Gasteiger charge is -2.14. The van der Waals surface area contributed by atoms with Crippen LogP contribution in [0.3, 0.4) is 0 Å². The van der Waals surface area contributed by atoms with Crippen LogP contribution in [0.2, 0.25) is 0 Å². The molecule has 1 unspecified atom stereocenters. The van der Waals surface area contributed by atoms with Crippen LogP contribution >= 0.6 is 0 Å². The van der Waals surface area contributed by atoms with E-state index in [0.29, 0.717) is 13.1 Å². The Kier molecular flexibility index (Phi) is 5.46. The topological polar surface area (TPSA) is 62.2 Å². The van der Waals surface area contributed by atoms with Gasteiger partial charge < -0.3 is 10.4 Å². The number of aliphatic carboxylic acids is 1. The van der Waals surface area contributed by atoms with Crippen molar-refractivity contribution >= 4 is 5.97 Å². The molecule has 0 radical (unpaired) electrons. The third-order valence-corrected chi connectivity index (χ3v) is 3.51. The molecule has 0 aliphatic rings. The van der Waals surface area contributed by atoms with Gasteiger partial charge in [0.15, 0.2) is 0 Å². The number of pyridine rings is 1. The first-order chi connectivity index (χ1) is 10.2. The predicted molar refractivity (Wildman–Crippen MR) is 82.1 cm³/mol. The summed E-state index contributed by atoms with van der Waals surface area (Å²) in [5.74, 6) is -1.36. The molecular weight excluding hydrogens is 264 g/mol. The molecule has 0 amide bonds. The number of carbonyl (C=O) groups is 1. The summed E-state index contributed by atoms with van der Waals surface area (Å²) >= 11 is 0. The maximum absolute atomic E-state index is 11.4. The first-order valence-electron chi connectivity index (χ1n) is 7.13. The molecule has 0 saturated heterocycles. The molecule has 1 aromatic heterocycles. The van der Waals surface area contributed by atoms with Crippen LogP contribution in [0.25, 0.3) is 0 Å². The van der Waals surface area contributed by atoms with Crippen molar-refractivity contribution in [1.82, 2.24) is 10.3 Å². The minimum absolute atomic E-state index is 0.388. The molecule has 2 rings (SSSR count). The highest BCUT2D eigenvalue weighted by Gasteiger charge is 2.19. The summed E-state index contributed by atoms with van der Waals surface area (Å²) in [6.45, 7) is 3.06. The largest absolute Gasteiger partial charge is 0.481 e. The molecule has 21 heavy (non-hydrogen) atoms. The van der Waals surface area contributed by atoms with Crippen molar-refractivity contribution in [3.05, 3.63) is 65.5 Å². The van der Waals surface area contributed by atoms with Gasteiger partial charge >= 0.3 is 5.97 Å². The van der Waals surface area contributed by atoms with Gasteiger partial charge in [0.25, 0.3) is 0 Å². The van der Waals surface area contributed by atoms with Gasteiger partial charge in [-0.15, -0.1) is 0 Å². The van der Waals surface area contributed by atoms with Gasteiger partial charge in [-0.25, -0.2) is 0 Å². The van der Waals surface area contributed by atoms with E-state index in [2.05, 4.69) is 23.3 Å². The number of benzene rings is 1. The molecule has 2 N–H and O–H groups in total. The monoisotopic (exact) mass is 284 g/mol. The number of hydrogen-bond acceptors (Lipinski definition) is 3. The van der Waals surface area contributed by atoms with Gasteiger partial charge in [0.2, 0.25) is 0 Å². The van der Waals surface area contributed by atoms with Gasteiger partial charge in [-0.1, -0.05) is 43.3 Å². The molecule has 1 atom stereocenters. The molecule has 0 aliphatic carbocycles. The average Bonchev–Trinajstić information content (AvgIpc) is 2.52. The van der Waals surface area contributed by atoms with Gasteiger partial charge in [-0.3, -0.25) is 9.78 Å². The van der Waals surface area contributed by atoms with Gasteiger partial charge in [-0.2, -0.15) is 0 Å². The summed E-state index contributed by atoms with van der Waals surface area (Å²) in [7, 11) is 0. The van der Waals surface area contributed by atoms with Crippen LogP contribution in [0.4, 0.5) is 0 Å². The van der Waals surface area contributed by atoms with Crippen molar-refractivity contribution in [1.29, 1.82) is 0 Å². The van der Waals surface area contributed by atoms with Crippen molar-refractivity contribution in [3.63, 3.8) is 0 Å². The second kappa shape index (κ2) is 7.55. The molecule has 0 spiro atoms. The highest BCUT2D eigenvalue weighted by atomic mass is 16.4. The molecule has 0 fully saturated rings. The van der Waals surface area contributed by atoms with Gasteiger partial charge in [0.1, 0.15) is 0 Å². The zero-order chi connectivity index (χ0) is 15.1. The van der Waals surface area contributed by atoms with E-state index in [-0.39, 0.29) is 0 Å². The Bertz CT molecular complexity index is 584. The molecule has 110 valence electrons. The fourth-order valence-corrected chi connectivity index (χ4v) is 2.32. The number of hydrogen-bond donors (Lipinski definition) is 2. The first kappa shape index (κ1) is 15.2. The third-order valence-electron chi connectivity index (χ3n) is 3.51. The van der Waals surface area contributed by atoms with Crippen molar-refractivity contribution in [2.45, 2.75) is 25.8 Å². The van der Waals surface area contributed by atoms with Crippen LogP contribution in [-0.2, 0) is 17.8 Å². The molecule has 4 heteroatoms. The molecule has 4 nitrogen and oxygen atoms in total. The Morgan fingerprint density at radius 3 is 2.67 bits per heavy atom. The number of aryl methyl sites for hydroxylation is 1. The normalized spacial score (nSPS) is 12.0. The van der Waals surface area contributed by atoms with E-state index in [9.17, 15) is 9.90 Å². The van der Waals surface area contributed by atoms with Gasteiger partial charge in [0, 0.05) is 19.3 Å². The standard InChI is InChI=1S/C17H20N2O2/c1-2-13-9-6-10-19-16(13)12-18-11-15(17(20)21)14-7-4-3-5-8-14/h3-10,15,18H,2,11-12H2,1H3,(H,20,21). The zero-order valence-corrected chi connectivity index (χ0v) is 12.1. The van der Waals surface area contributed by atoms with Gasteiger partial charge in [-0.05, 0) is 23.6 Å². The van der Waals surface area contributed by atoms with E-state index >= 15 is 0 Å². The first-order valence-corrected chi connectivity index (χ1v) is 7.13. The van der Waals surface area contributed by atoms with E-state index in [1.54, 1.807) is 6.20 Å². The van der Waals surface area contributed by atoms with Crippen LogP contribution in [0.5, 0.6) is 0 Å². The van der Waals surface area contributed by atoms with Crippen molar-refractivity contribution < 1.29 is 9.90 Å². The summed E-state index contributed by atoms with van der Waals surface area (Å²) in [6, 6.07) is 13.3. The molecule has 0 saturated carbocycles. The zero-order valence-electron chi connectivity index (χ0n) is 12.1. The summed E-state index contributed by atoms with van der Waals surface area (Å²) in [5, 5.41) is 12.6. The van der Waals surface area contributed by atoms with Crippen LogP contribution in [0.15, 0.2) is 48.7 Å². The smallest absolute Gasteiger partial charge is 0.312 e. The Labute approximate surface area is 124 Å². The Morgan fingerprint density at radius 1 is 1.24 bits per heavy atom. The molecule has 0 bridgehead atoms. The van der Waals surface area contributed by atoms with E-state index in [1.807, 2.05) is 36.4 Å². The van der Waals surface area contributed by atoms with Crippen molar-refractivity contribution in [3.8, 4) is 0 Å². The highest BCUT2D eigenvalue weighted by Crippen LogP contribution is 2.15. The average molecular weight is 284 g/mol. The minimum Gasteiger partial charge on any atom is -0.481 e. The lowest BCUT2D eigenvalue weighted by atomic mass is 9.99. The third kappa shape index (κ3) is 4.13. The van der Waals surface area contributed by atoms with E-state index in [1.165, 1.54) is 5.56 Å². The summed E-state index contributed by atoms with van der Waals surface area (Å²) < 4.78 is 0. The summed E-state index contributed by atoms with van der Waals surface area (Å²) in [5.41, 5.74) is 2.99. The van der Waals surface area contributed by atoms with E-state index < -0.39 is 11.9 Å². The lowest BCUT2D eigenvalue weighted by molar-refractivity contribution is -0.138. The quantitative estimate of drug-likeness (QED) is 0.820. The molecule has 0 aliphatic heterocycles. The predicted octanol–water partition coefficient (Wildman–Crippen LogP) is 2.60. The lowest BCUT2D eigenvalue weighted by Crippen LogP contribution is -2.27. The number of nitrogens with one attached hydrogen (secondary N) is 1. The second-order valence-corrected chi connectivity index (χ2v) is 4.90. The number of carboxylic acids is 1. The highest BCUT2D eigenvalue weighted by molar-refractivity contribution is 5.76. The van der Waals surface area contributed by atoms with E-state index in [4.69, 9.17) is 0 Å². The molecule has 2 aromatic rings. The maximum atomic E-state index is 11.4. The Morgan fingerprint density at radius 2 is 2.00 bits per heavy atom. The second-order valence-electron chi connectivity index (χ2n) is 4.90. The molecule has 1 aromatic carbocycles. The Hall–Kier alpha value is -2.20. The number of rotatable bonds is 7. The molecular formula is C17H20N2O2. The SMILES string of the molecule is CCc1cccnc1CNCC(C(=O)O)c1ccccc1. The van der Waals surface area contributed by atoms with Crippen LogP contribution in [-0.4, -0.2) is 22.6 Å². The fourth-order valence-electron chi connectivity index (χ4n) is 2.32. The number of aromatic nitrogens is 1. The van der Waals surface area contributed by atoms with Crippen molar-refractivity contribution in [2.24, 2.45) is 0 Å². The summed E-state index contributed by atoms with van der Waals surface area (Å²) in [6.07, 6.45) is 2.69. The van der Waals surface area contributed by atoms with Crippen molar-refractivity contribution in [2.75, 3.05) is 6.54 Å². The Balaban J connectivity index is 1.99. The van der Waals surface area contributed by atoms with Crippen LogP contribution < -0.4 is 5.32 Å².